The van der Waals surface area contributed by atoms with Gasteiger partial charge in [0.1, 0.15) is 5.78 Å². The molecule has 2 aromatic rings. The van der Waals surface area contributed by atoms with Crippen LogP contribution in [-0.2, 0) is 24.9 Å². The fourth-order valence-electron chi connectivity index (χ4n) is 2.43. The first-order valence-corrected chi connectivity index (χ1v) is 7.39. The second kappa shape index (κ2) is 6.72. The molecule has 0 saturated carbocycles. The van der Waals surface area contributed by atoms with Crippen molar-refractivity contribution in [2.75, 3.05) is 0 Å². The molecule has 0 aliphatic heterocycles. The van der Waals surface area contributed by atoms with Gasteiger partial charge in [-0.05, 0) is 26.2 Å². The number of aryl methyl sites for hydroxylation is 2. The van der Waals surface area contributed by atoms with Gasteiger partial charge < -0.3 is 9.36 Å². The zero-order valence-electron chi connectivity index (χ0n) is 15.8. The Hall–Kier alpha value is -2.18. The maximum atomic E-state index is 12.8. The van der Waals surface area contributed by atoms with Gasteiger partial charge in [-0.15, -0.1) is 0 Å². The Labute approximate surface area is 132 Å². The van der Waals surface area contributed by atoms with Crippen molar-refractivity contribution >= 4 is 16.9 Å². The molecule has 0 aromatic carbocycles. The highest BCUT2D eigenvalue weighted by Crippen LogP contribution is 2.07. The van der Waals surface area contributed by atoms with E-state index in [4.69, 9.17) is 4.11 Å². The van der Waals surface area contributed by atoms with E-state index in [2.05, 4.69) is 4.98 Å². The molecule has 0 radical (unpaired) electrons. The highest BCUT2D eigenvalue weighted by Gasteiger charge is 2.15. The van der Waals surface area contributed by atoms with Gasteiger partial charge in [0, 0.05) is 30.6 Å². The van der Waals surface area contributed by atoms with E-state index in [9.17, 15) is 14.4 Å². The van der Waals surface area contributed by atoms with E-state index < -0.39 is 18.2 Å². The van der Waals surface area contributed by atoms with Crippen LogP contribution in [0, 0.1) is 0 Å². The number of imidazole rings is 1. The molecule has 7 nitrogen and oxygen atoms in total. The molecule has 2 rings (SSSR count). The highest BCUT2D eigenvalue weighted by atomic mass is 16.2. The Morgan fingerprint density at radius 1 is 1.32 bits per heavy atom. The highest BCUT2D eigenvalue weighted by molar-refractivity contribution is 5.75. The summed E-state index contributed by atoms with van der Waals surface area (Å²) in [5.74, 6) is 0.0312. The molecular formula is C15H22N4O3. The number of aromatic nitrogens is 4. The third kappa shape index (κ3) is 3.03. The van der Waals surface area contributed by atoms with Gasteiger partial charge in [-0.1, -0.05) is 6.92 Å². The molecule has 0 unspecified atom stereocenters. The minimum Gasteiger partial charge on any atom is -0.325 e. The quantitative estimate of drug-likeness (QED) is 0.717. The van der Waals surface area contributed by atoms with Crippen molar-refractivity contribution < 1.29 is 8.91 Å². The van der Waals surface area contributed by atoms with Crippen molar-refractivity contribution in [3.8, 4) is 0 Å². The van der Waals surface area contributed by atoms with Gasteiger partial charge in [0.2, 0.25) is 0 Å². The van der Waals surface area contributed by atoms with Crippen LogP contribution in [0.15, 0.2) is 15.9 Å². The van der Waals surface area contributed by atoms with Crippen LogP contribution in [-0.4, -0.2) is 24.5 Å². The van der Waals surface area contributed by atoms with Gasteiger partial charge in [0.25, 0.3) is 5.56 Å². The molecule has 120 valence electrons. The Morgan fingerprint density at radius 2 is 2.09 bits per heavy atom. The molecule has 7 heteroatoms. The van der Waals surface area contributed by atoms with E-state index in [1.165, 1.54) is 13.3 Å². The molecule has 0 N–H and O–H groups in total. The zero-order chi connectivity index (χ0) is 18.8. The molecule has 2 aromatic heterocycles. The predicted octanol–water partition coefficient (Wildman–Crippen LogP) is 1.07. The number of carbonyl (C=O) groups is 1. The van der Waals surface area contributed by atoms with Gasteiger partial charge in [-0.2, -0.15) is 0 Å². The van der Waals surface area contributed by atoms with Crippen LogP contribution >= 0.6 is 0 Å². The number of ketones is 1. The average Bonchev–Trinajstić information content (AvgIpc) is 2.88. The van der Waals surface area contributed by atoms with E-state index in [0.29, 0.717) is 30.4 Å². The van der Waals surface area contributed by atoms with Crippen LogP contribution in [0.1, 0.15) is 43.6 Å². The second-order valence-electron chi connectivity index (χ2n) is 5.34. The number of Topliss-reactive ketones (excluding diaryl/α,β-unsaturated/α-hetero) is 1. The maximum absolute atomic E-state index is 12.8. The molecular weight excluding hydrogens is 284 g/mol. The van der Waals surface area contributed by atoms with E-state index in [1.54, 1.807) is 4.57 Å². The van der Waals surface area contributed by atoms with Crippen LogP contribution < -0.4 is 11.2 Å². The third-order valence-electron chi connectivity index (χ3n) is 3.53. The zero-order valence-corrected chi connectivity index (χ0v) is 12.8. The van der Waals surface area contributed by atoms with Gasteiger partial charge in [-0.25, -0.2) is 9.78 Å². The first-order chi connectivity index (χ1) is 11.7. The van der Waals surface area contributed by atoms with Crippen LogP contribution in [0.25, 0.3) is 11.2 Å². The number of rotatable bonds is 7. The minimum absolute atomic E-state index is 0.0312. The average molecular weight is 309 g/mol. The van der Waals surface area contributed by atoms with Crippen molar-refractivity contribution in [2.24, 2.45) is 6.98 Å². The van der Waals surface area contributed by atoms with Gasteiger partial charge in [0.15, 0.2) is 11.2 Å². The van der Waals surface area contributed by atoms with Crippen molar-refractivity contribution in [2.45, 2.75) is 52.6 Å². The van der Waals surface area contributed by atoms with E-state index in [-0.39, 0.29) is 23.5 Å². The summed E-state index contributed by atoms with van der Waals surface area (Å²) in [5, 5.41) is 0. The summed E-state index contributed by atoms with van der Waals surface area (Å²) in [6, 6.07) is 0. The Balaban J connectivity index is 2.60. The molecule has 0 amide bonds. The summed E-state index contributed by atoms with van der Waals surface area (Å²) in [6.45, 7) is 1.22. The van der Waals surface area contributed by atoms with Crippen LogP contribution in [0.4, 0.5) is 0 Å². The fraction of sp³-hybridized carbons (Fsp3) is 0.600. The van der Waals surface area contributed by atoms with E-state index >= 15 is 0 Å². The lowest BCUT2D eigenvalue weighted by Gasteiger charge is -2.09. The summed E-state index contributed by atoms with van der Waals surface area (Å²) in [5.41, 5.74) is -1.45. The summed E-state index contributed by atoms with van der Waals surface area (Å²) < 4.78 is 26.0. The largest absolute Gasteiger partial charge is 0.332 e. The molecule has 0 atom stereocenters. The summed E-state index contributed by atoms with van der Waals surface area (Å²) in [4.78, 5) is 40.4. The van der Waals surface area contributed by atoms with Crippen molar-refractivity contribution in [1.82, 2.24) is 18.7 Å². The minimum atomic E-state index is -2.74. The fourth-order valence-corrected chi connectivity index (χ4v) is 2.43. The molecule has 2 heterocycles. The lowest BCUT2D eigenvalue weighted by atomic mass is 10.2. The predicted molar refractivity (Wildman–Crippen MR) is 84.1 cm³/mol. The Kier molecular flexibility index (Phi) is 3.78. The SMILES string of the molecule is [2H]C([2H])([2H])n1c(=O)n(CCCCC(C)=O)c(=O)c2c1ncn2CCC. The normalized spacial score (nSPS) is 13.8. The maximum Gasteiger partial charge on any atom is 0.332 e. The monoisotopic (exact) mass is 309 g/mol. The molecule has 0 bridgehead atoms. The number of carbonyl (C=O) groups excluding carboxylic acids is 1. The van der Waals surface area contributed by atoms with Crippen molar-refractivity contribution in [1.29, 1.82) is 0 Å². The molecule has 22 heavy (non-hydrogen) atoms. The topological polar surface area (TPSA) is 78.9 Å². The summed E-state index contributed by atoms with van der Waals surface area (Å²) in [6.07, 6.45) is 3.44. The number of fused-ring (bicyclic) bond motifs is 1. The third-order valence-corrected chi connectivity index (χ3v) is 3.53. The Bertz CT molecular complexity index is 892. The molecule has 0 spiro atoms. The second-order valence-corrected chi connectivity index (χ2v) is 5.34. The first-order valence-electron chi connectivity index (χ1n) is 8.89. The van der Waals surface area contributed by atoms with E-state index in [1.807, 2.05) is 6.92 Å². The molecule has 0 saturated heterocycles. The lowest BCUT2D eigenvalue weighted by Crippen LogP contribution is -2.39. The van der Waals surface area contributed by atoms with Crippen LogP contribution in [0.5, 0.6) is 0 Å². The molecule has 0 aliphatic carbocycles. The number of unbranched alkanes of at least 4 members (excludes halogenated alkanes) is 1. The first kappa shape index (κ1) is 12.4. The van der Waals surface area contributed by atoms with Crippen molar-refractivity contribution in [3.05, 3.63) is 27.2 Å². The van der Waals surface area contributed by atoms with E-state index in [0.717, 1.165) is 11.0 Å². The molecule has 0 aliphatic rings. The van der Waals surface area contributed by atoms with Gasteiger partial charge in [0.05, 0.1) is 6.33 Å². The number of nitrogens with zero attached hydrogens (tertiary/aromatic N) is 4. The summed E-state index contributed by atoms with van der Waals surface area (Å²) >= 11 is 0. The van der Waals surface area contributed by atoms with Crippen LogP contribution in [0.3, 0.4) is 0 Å². The number of hydrogen-bond acceptors (Lipinski definition) is 4. The van der Waals surface area contributed by atoms with Gasteiger partial charge >= 0.3 is 5.69 Å². The van der Waals surface area contributed by atoms with Crippen LogP contribution in [0.2, 0.25) is 0 Å². The lowest BCUT2D eigenvalue weighted by molar-refractivity contribution is -0.117. The number of hydrogen-bond donors (Lipinski definition) is 0. The summed E-state index contributed by atoms with van der Waals surface area (Å²) in [7, 11) is 0. The molecule has 0 fully saturated rings. The van der Waals surface area contributed by atoms with Gasteiger partial charge in [-0.3, -0.25) is 13.9 Å². The van der Waals surface area contributed by atoms with Crippen molar-refractivity contribution in [3.63, 3.8) is 0 Å². The standard InChI is InChI=1S/C15H22N4O3/c1-4-8-18-10-16-13-12(18)14(21)19(15(22)17(13)3)9-6-5-7-11(2)20/h10H,4-9H2,1-3H3/i3D3. The Morgan fingerprint density at radius 3 is 2.73 bits per heavy atom. The smallest absolute Gasteiger partial charge is 0.325 e.